The molecule has 0 bridgehead atoms. The summed E-state index contributed by atoms with van der Waals surface area (Å²) in [5, 5.41) is 5.76. The van der Waals surface area contributed by atoms with Crippen LogP contribution < -0.4 is 15.4 Å². The molecule has 0 aliphatic carbocycles. The third kappa shape index (κ3) is 4.75. The van der Waals surface area contributed by atoms with E-state index in [2.05, 4.69) is 15.6 Å². The number of ether oxygens (including phenoxy) is 1. The van der Waals surface area contributed by atoms with Crippen LogP contribution in [-0.4, -0.2) is 40.5 Å². The Morgan fingerprint density at radius 2 is 2.04 bits per heavy atom. The number of nitrogens with one attached hydrogen (secondary N) is 2. The number of hydrogen-bond acceptors (Lipinski definition) is 4. The molecule has 7 heteroatoms. The van der Waals surface area contributed by atoms with Gasteiger partial charge in [-0.15, -0.1) is 0 Å². The molecule has 7 nitrogen and oxygen atoms in total. The fourth-order valence-corrected chi connectivity index (χ4v) is 3.02. The van der Waals surface area contributed by atoms with Crippen molar-refractivity contribution in [1.29, 1.82) is 0 Å². The maximum atomic E-state index is 12.8. The fraction of sp³-hybridized carbons (Fsp3) is 0.350. The van der Waals surface area contributed by atoms with Gasteiger partial charge in [0.25, 0.3) is 0 Å². The third-order valence-corrected chi connectivity index (χ3v) is 4.24. The summed E-state index contributed by atoms with van der Waals surface area (Å²) in [6.45, 7) is 4.37. The van der Waals surface area contributed by atoms with Crippen LogP contribution in [0.4, 0.5) is 10.5 Å². The number of carbonyl (C=O) groups is 2. The van der Waals surface area contributed by atoms with Crippen LogP contribution in [0.25, 0.3) is 0 Å². The SMILES string of the molecule is CC(C)NC(=O)N1CCC[C@H]1C(=O)Nc1ccccc1Oc1cccnc1. The lowest BCUT2D eigenvalue weighted by Crippen LogP contribution is -2.49. The van der Waals surface area contributed by atoms with E-state index in [0.29, 0.717) is 30.2 Å². The first-order valence-electron chi connectivity index (χ1n) is 9.09. The number of nitrogens with zero attached hydrogens (tertiary/aromatic N) is 2. The van der Waals surface area contributed by atoms with Gasteiger partial charge in [-0.1, -0.05) is 12.1 Å². The van der Waals surface area contributed by atoms with Gasteiger partial charge in [-0.25, -0.2) is 4.79 Å². The van der Waals surface area contributed by atoms with E-state index in [1.165, 1.54) is 0 Å². The molecule has 0 radical (unpaired) electrons. The molecular formula is C20H24N4O3. The number of pyridine rings is 1. The van der Waals surface area contributed by atoms with Gasteiger partial charge in [-0.05, 0) is 51.0 Å². The van der Waals surface area contributed by atoms with Crippen molar-refractivity contribution in [2.24, 2.45) is 0 Å². The van der Waals surface area contributed by atoms with Gasteiger partial charge >= 0.3 is 6.03 Å². The molecular weight excluding hydrogens is 344 g/mol. The first-order valence-corrected chi connectivity index (χ1v) is 9.09. The summed E-state index contributed by atoms with van der Waals surface area (Å²) in [6.07, 6.45) is 4.71. The second-order valence-electron chi connectivity index (χ2n) is 6.73. The number of hydrogen-bond donors (Lipinski definition) is 2. The van der Waals surface area contributed by atoms with E-state index < -0.39 is 6.04 Å². The zero-order valence-electron chi connectivity index (χ0n) is 15.5. The number of amides is 3. The fourth-order valence-electron chi connectivity index (χ4n) is 3.02. The van der Waals surface area contributed by atoms with Crippen LogP contribution in [0.2, 0.25) is 0 Å². The van der Waals surface area contributed by atoms with Gasteiger partial charge in [0.05, 0.1) is 11.9 Å². The Hall–Kier alpha value is -3.09. The second-order valence-corrected chi connectivity index (χ2v) is 6.73. The molecule has 2 heterocycles. The van der Waals surface area contributed by atoms with Crippen LogP contribution in [0, 0.1) is 0 Å². The van der Waals surface area contributed by atoms with Crippen molar-refractivity contribution in [2.75, 3.05) is 11.9 Å². The van der Waals surface area contributed by atoms with Crippen LogP contribution in [0.3, 0.4) is 0 Å². The molecule has 27 heavy (non-hydrogen) atoms. The molecule has 1 aromatic heterocycles. The molecule has 1 atom stereocenters. The number of aromatic nitrogens is 1. The monoisotopic (exact) mass is 368 g/mol. The van der Waals surface area contributed by atoms with E-state index in [9.17, 15) is 9.59 Å². The lowest BCUT2D eigenvalue weighted by Gasteiger charge is -2.25. The molecule has 1 aromatic carbocycles. The predicted molar refractivity (Wildman–Crippen MR) is 103 cm³/mol. The van der Waals surface area contributed by atoms with Crippen molar-refractivity contribution in [3.05, 3.63) is 48.8 Å². The molecule has 0 unspecified atom stereocenters. The van der Waals surface area contributed by atoms with Crippen LogP contribution in [-0.2, 0) is 4.79 Å². The largest absolute Gasteiger partial charge is 0.454 e. The Morgan fingerprint density at radius 3 is 2.78 bits per heavy atom. The number of carbonyl (C=O) groups excluding carboxylic acids is 2. The number of benzene rings is 1. The summed E-state index contributed by atoms with van der Waals surface area (Å²) in [7, 11) is 0. The highest BCUT2D eigenvalue weighted by Gasteiger charge is 2.34. The van der Waals surface area contributed by atoms with Gasteiger partial charge in [0.2, 0.25) is 5.91 Å². The molecule has 3 amide bonds. The molecule has 2 aromatic rings. The van der Waals surface area contributed by atoms with Gasteiger partial charge in [0.15, 0.2) is 5.75 Å². The Bertz CT molecular complexity index is 795. The maximum Gasteiger partial charge on any atom is 0.318 e. The minimum atomic E-state index is -0.491. The smallest absolute Gasteiger partial charge is 0.318 e. The van der Waals surface area contributed by atoms with Gasteiger partial charge < -0.3 is 20.3 Å². The zero-order valence-corrected chi connectivity index (χ0v) is 15.5. The van der Waals surface area contributed by atoms with Crippen molar-refractivity contribution in [3.63, 3.8) is 0 Å². The normalized spacial score (nSPS) is 16.3. The average Bonchev–Trinajstić information content (AvgIpc) is 3.14. The second kappa shape index (κ2) is 8.53. The molecule has 1 saturated heterocycles. The zero-order chi connectivity index (χ0) is 19.2. The molecule has 2 N–H and O–H groups in total. The first-order chi connectivity index (χ1) is 13.0. The Labute approximate surface area is 158 Å². The summed E-state index contributed by atoms with van der Waals surface area (Å²) in [5.41, 5.74) is 0.558. The van der Waals surface area contributed by atoms with Crippen LogP contribution in [0.5, 0.6) is 11.5 Å². The molecule has 1 fully saturated rings. The highest BCUT2D eigenvalue weighted by Crippen LogP contribution is 2.29. The quantitative estimate of drug-likeness (QED) is 0.847. The van der Waals surface area contributed by atoms with Crippen LogP contribution in [0.15, 0.2) is 48.8 Å². The van der Waals surface area contributed by atoms with E-state index >= 15 is 0 Å². The molecule has 1 aliphatic heterocycles. The lowest BCUT2D eigenvalue weighted by molar-refractivity contribution is -0.119. The number of rotatable bonds is 5. The van der Waals surface area contributed by atoms with E-state index in [4.69, 9.17) is 4.74 Å². The van der Waals surface area contributed by atoms with E-state index in [1.807, 2.05) is 26.0 Å². The van der Waals surface area contributed by atoms with Crippen molar-refractivity contribution in [3.8, 4) is 11.5 Å². The summed E-state index contributed by atoms with van der Waals surface area (Å²) in [6, 6.07) is 10.1. The highest BCUT2D eigenvalue weighted by atomic mass is 16.5. The van der Waals surface area contributed by atoms with Crippen molar-refractivity contribution >= 4 is 17.6 Å². The van der Waals surface area contributed by atoms with Gasteiger partial charge in [-0.2, -0.15) is 0 Å². The molecule has 1 aliphatic rings. The van der Waals surface area contributed by atoms with Gasteiger partial charge in [0.1, 0.15) is 11.8 Å². The van der Waals surface area contributed by atoms with Crippen molar-refractivity contribution < 1.29 is 14.3 Å². The topological polar surface area (TPSA) is 83.6 Å². The van der Waals surface area contributed by atoms with E-state index in [1.54, 1.807) is 41.6 Å². The number of urea groups is 1. The molecule has 0 spiro atoms. The lowest BCUT2D eigenvalue weighted by atomic mass is 10.2. The van der Waals surface area contributed by atoms with Crippen molar-refractivity contribution in [2.45, 2.75) is 38.8 Å². The Morgan fingerprint density at radius 1 is 1.22 bits per heavy atom. The number of anilines is 1. The molecule has 3 rings (SSSR count). The minimum Gasteiger partial charge on any atom is -0.454 e. The highest BCUT2D eigenvalue weighted by molar-refractivity contribution is 5.98. The van der Waals surface area contributed by atoms with Crippen LogP contribution in [0.1, 0.15) is 26.7 Å². The maximum absolute atomic E-state index is 12.8. The summed E-state index contributed by atoms with van der Waals surface area (Å²) in [4.78, 5) is 30.8. The summed E-state index contributed by atoms with van der Waals surface area (Å²) < 4.78 is 5.83. The van der Waals surface area contributed by atoms with Gasteiger partial charge in [0, 0.05) is 18.8 Å². The standard InChI is InChI=1S/C20H24N4O3/c1-14(2)22-20(26)24-12-6-9-17(24)19(25)23-16-8-3-4-10-18(16)27-15-7-5-11-21-13-15/h3-5,7-8,10-11,13-14,17H,6,9,12H2,1-2H3,(H,22,26)(H,23,25)/t17-/m0/s1. The Kier molecular flexibility index (Phi) is 5.90. The third-order valence-electron chi connectivity index (χ3n) is 4.24. The summed E-state index contributed by atoms with van der Waals surface area (Å²) in [5.74, 6) is 0.890. The number of likely N-dealkylation sites (tertiary alicyclic amines) is 1. The first kappa shape index (κ1) is 18.7. The molecule has 142 valence electrons. The predicted octanol–water partition coefficient (Wildman–Crippen LogP) is 3.39. The van der Waals surface area contributed by atoms with E-state index in [0.717, 1.165) is 6.42 Å². The van der Waals surface area contributed by atoms with Crippen molar-refractivity contribution in [1.82, 2.24) is 15.2 Å². The molecule has 0 saturated carbocycles. The Balaban J connectivity index is 1.71. The van der Waals surface area contributed by atoms with E-state index in [-0.39, 0.29) is 18.0 Å². The minimum absolute atomic E-state index is 0.0235. The van der Waals surface area contributed by atoms with Crippen LogP contribution >= 0.6 is 0 Å². The number of para-hydroxylation sites is 2. The van der Waals surface area contributed by atoms with Gasteiger partial charge in [-0.3, -0.25) is 9.78 Å². The summed E-state index contributed by atoms with van der Waals surface area (Å²) >= 11 is 0. The average molecular weight is 368 g/mol.